The van der Waals surface area contributed by atoms with Gasteiger partial charge >= 0.3 is 0 Å². The first-order chi connectivity index (χ1) is 14.1. The Morgan fingerprint density at radius 1 is 1.21 bits per heavy atom. The van der Waals surface area contributed by atoms with Crippen molar-refractivity contribution in [2.45, 2.75) is 51.8 Å². The summed E-state index contributed by atoms with van der Waals surface area (Å²) in [6.45, 7) is 10.0. The Labute approximate surface area is 171 Å². The number of ether oxygens (including phenoxy) is 1. The molecule has 1 aromatic carbocycles. The summed E-state index contributed by atoms with van der Waals surface area (Å²) in [4.78, 5) is 3.87. The van der Waals surface area contributed by atoms with E-state index in [0.717, 1.165) is 70.1 Å². The number of rotatable bonds is 7. The van der Waals surface area contributed by atoms with Gasteiger partial charge in [-0.1, -0.05) is 13.8 Å². The van der Waals surface area contributed by atoms with Crippen molar-refractivity contribution in [1.82, 2.24) is 20.2 Å². The summed E-state index contributed by atoms with van der Waals surface area (Å²) in [6.07, 6.45) is 3.48. The smallest absolute Gasteiger partial charge is 0.209 e. The highest BCUT2D eigenvalue weighted by Gasteiger charge is 2.34. The number of halogens is 1. The molecule has 158 valence electrons. The van der Waals surface area contributed by atoms with Gasteiger partial charge in [-0.15, -0.1) is 5.10 Å². The molecule has 0 amide bonds. The lowest BCUT2D eigenvalue weighted by Crippen LogP contribution is -3.15. The highest BCUT2D eigenvalue weighted by atomic mass is 19.1. The molecule has 2 saturated heterocycles. The minimum Gasteiger partial charge on any atom is -0.376 e. The van der Waals surface area contributed by atoms with Gasteiger partial charge in [-0.05, 0) is 53.5 Å². The van der Waals surface area contributed by atoms with Crippen LogP contribution < -0.4 is 9.80 Å². The number of anilines is 1. The summed E-state index contributed by atoms with van der Waals surface area (Å²) < 4.78 is 21.0. The van der Waals surface area contributed by atoms with Crippen molar-refractivity contribution < 1.29 is 14.0 Å². The topological polar surface area (TPSA) is 60.5 Å². The molecule has 8 heteroatoms. The number of nitrogens with one attached hydrogen (secondary N) is 1. The van der Waals surface area contributed by atoms with Gasteiger partial charge in [-0.2, -0.15) is 0 Å². The first-order valence-corrected chi connectivity index (χ1v) is 10.8. The molecule has 2 aromatic rings. The molecule has 3 heterocycles. The van der Waals surface area contributed by atoms with E-state index in [1.807, 2.05) is 16.8 Å². The van der Waals surface area contributed by atoms with Crippen LogP contribution in [0.1, 0.15) is 45.0 Å². The lowest BCUT2D eigenvalue weighted by Gasteiger charge is -2.37. The molecule has 2 aliphatic rings. The summed E-state index contributed by atoms with van der Waals surface area (Å²) in [5, 5.41) is 12.7. The van der Waals surface area contributed by atoms with Crippen molar-refractivity contribution in [3.8, 4) is 0 Å². The van der Waals surface area contributed by atoms with Crippen molar-refractivity contribution in [3.05, 3.63) is 35.9 Å². The molecule has 2 fully saturated rings. The van der Waals surface area contributed by atoms with Gasteiger partial charge in [0.05, 0.1) is 38.8 Å². The van der Waals surface area contributed by atoms with E-state index in [1.165, 1.54) is 17.0 Å². The molecule has 0 unspecified atom stereocenters. The van der Waals surface area contributed by atoms with Crippen LogP contribution in [0.5, 0.6) is 0 Å². The Hall–Kier alpha value is -2.06. The average Bonchev–Trinajstić information content (AvgIpc) is 3.39. The normalized spacial score (nSPS) is 21.8. The predicted octanol–water partition coefficient (Wildman–Crippen LogP) is 1.48. The summed E-state index contributed by atoms with van der Waals surface area (Å²) in [7, 11) is 0. The third-order valence-corrected chi connectivity index (χ3v) is 6.07. The van der Waals surface area contributed by atoms with Gasteiger partial charge in [0, 0.05) is 18.7 Å². The molecule has 0 saturated carbocycles. The van der Waals surface area contributed by atoms with Crippen molar-refractivity contribution in [1.29, 1.82) is 0 Å². The number of aromatic nitrogens is 4. The Kier molecular flexibility index (Phi) is 6.40. The van der Waals surface area contributed by atoms with E-state index in [2.05, 4.69) is 34.3 Å². The van der Waals surface area contributed by atoms with Crippen LogP contribution in [0.3, 0.4) is 0 Å². The van der Waals surface area contributed by atoms with Gasteiger partial charge in [-0.25, -0.2) is 9.07 Å². The number of hydrogen-bond acceptors (Lipinski definition) is 5. The number of nitrogens with zero attached hydrogens (tertiary/aromatic N) is 5. The second-order valence-corrected chi connectivity index (χ2v) is 8.66. The Morgan fingerprint density at radius 3 is 2.62 bits per heavy atom. The molecule has 1 aromatic heterocycles. The fraction of sp³-hybridized carbons (Fsp3) is 0.667. The molecular weight excluding hydrogens is 371 g/mol. The molecule has 2 atom stereocenters. The zero-order valence-corrected chi connectivity index (χ0v) is 17.4. The lowest BCUT2D eigenvalue weighted by molar-refractivity contribution is -0.934. The zero-order chi connectivity index (χ0) is 20.2. The fourth-order valence-corrected chi connectivity index (χ4v) is 4.55. The van der Waals surface area contributed by atoms with Crippen LogP contribution >= 0.6 is 0 Å². The molecule has 29 heavy (non-hydrogen) atoms. The van der Waals surface area contributed by atoms with E-state index >= 15 is 0 Å². The molecule has 0 radical (unpaired) electrons. The van der Waals surface area contributed by atoms with Crippen molar-refractivity contribution in [2.24, 2.45) is 5.92 Å². The summed E-state index contributed by atoms with van der Waals surface area (Å²) >= 11 is 0. The van der Waals surface area contributed by atoms with E-state index in [1.54, 1.807) is 0 Å². The van der Waals surface area contributed by atoms with E-state index in [9.17, 15) is 4.39 Å². The van der Waals surface area contributed by atoms with Crippen LogP contribution in [0.2, 0.25) is 0 Å². The molecular formula is C21H32FN6O+. The summed E-state index contributed by atoms with van der Waals surface area (Å²) in [6, 6.07) is 7.09. The molecule has 0 aliphatic carbocycles. The Balaban J connectivity index is 1.45. The van der Waals surface area contributed by atoms with Gasteiger partial charge in [0.2, 0.25) is 5.82 Å². The van der Waals surface area contributed by atoms with Crippen LogP contribution in [-0.2, 0) is 11.3 Å². The van der Waals surface area contributed by atoms with Crippen molar-refractivity contribution in [2.75, 3.05) is 37.7 Å². The first kappa shape index (κ1) is 20.2. The van der Waals surface area contributed by atoms with Crippen LogP contribution in [0, 0.1) is 11.7 Å². The van der Waals surface area contributed by atoms with E-state index in [-0.39, 0.29) is 18.0 Å². The highest BCUT2D eigenvalue weighted by molar-refractivity contribution is 5.46. The van der Waals surface area contributed by atoms with Gasteiger partial charge in [0.25, 0.3) is 0 Å². The van der Waals surface area contributed by atoms with Gasteiger partial charge in [0.1, 0.15) is 11.9 Å². The van der Waals surface area contributed by atoms with Crippen LogP contribution in [0.15, 0.2) is 24.3 Å². The number of tetrazole rings is 1. The number of hydrogen-bond donors (Lipinski definition) is 1. The summed E-state index contributed by atoms with van der Waals surface area (Å²) in [5.74, 6) is 1.36. The summed E-state index contributed by atoms with van der Waals surface area (Å²) in [5.41, 5.74) is 1.09. The number of benzene rings is 1. The maximum atomic E-state index is 13.2. The largest absolute Gasteiger partial charge is 0.376 e. The highest BCUT2D eigenvalue weighted by Crippen LogP contribution is 2.20. The Morgan fingerprint density at radius 2 is 1.97 bits per heavy atom. The quantitative estimate of drug-likeness (QED) is 0.759. The minimum absolute atomic E-state index is 0.187. The third-order valence-electron chi connectivity index (χ3n) is 6.07. The van der Waals surface area contributed by atoms with E-state index in [4.69, 9.17) is 4.74 Å². The SMILES string of the molecule is CC(C)C[C@H](c1nnnn1C[C@@H]1CCCO1)[NH+]1CCN(c2ccc(F)cc2)CC1. The van der Waals surface area contributed by atoms with Crippen LogP contribution in [0.25, 0.3) is 0 Å². The van der Waals surface area contributed by atoms with E-state index < -0.39 is 0 Å². The molecule has 7 nitrogen and oxygen atoms in total. The van der Waals surface area contributed by atoms with Crippen LogP contribution in [-0.4, -0.2) is 59.1 Å². The molecule has 0 bridgehead atoms. The van der Waals surface area contributed by atoms with Crippen molar-refractivity contribution in [3.63, 3.8) is 0 Å². The third kappa shape index (κ3) is 4.93. The number of quaternary nitrogens is 1. The standard InChI is InChI=1S/C21H31FN6O/c1-16(2)14-20(21-23-24-25-28(21)15-19-4-3-13-29-19)27-11-9-26(10-12-27)18-7-5-17(22)6-8-18/h5-8,16,19-20H,3-4,9-15H2,1-2H3/p+1/t19-,20+/m0/s1. The zero-order valence-electron chi connectivity index (χ0n) is 17.4. The average molecular weight is 404 g/mol. The molecule has 2 aliphatic heterocycles. The maximum Gasteiger partial charge on any atom is 0.209 e. The van der Waals surface area contributed by atoms with Gasteiger partial charge < -0.3 is 14.5 Å². The Bertz CT molecular complexity index is 766. The second kappa shape index (κ2) is 9.17. The first-order valence-electron chi connectivity index (χ1n) is 10.8. The molecule has 1 N–H and O–H groups in total. The maximum absolute atomic E-state index is 13.2. The minimum atomic E-state index is -0.187. The lowest BCUT2D eigenvalue weighted by atomic mass is 10.0. The predicted molar refractivity (Wildman–Crippen MR) is 108 cm³/mol. The van der Waals surface area contributed by atoms with Gasteiger partial charge in [-0.3, -0.25) is 0 Å². The van der Waals surface area contributed by atoms with Crippen LogP contribution in [0.4, 0.5) is 10.1 Å². The fourth-order valence-electron chi connectivity index (χ4n) is 4.55. The molecule has 4 rings (SSSR count). The van der Waals surface area contributed by atoms with Gasteiger partial charge in [0.15, 0.2) is 0 Å². The molecule has 0 spiro atoms. The monoisotopic (exact) mass is 403 g/mol. The number of piperazine rings is 1. The second-order valence-electron chi connectivity index (χ2n) is 8.66. The van der Waals surface area contributed by atoms with Crippen molar-refractivity contribution >= 4 is 5.69 Å². The van der Waals surface area contributed by atoms with E-state index in [0.29, 0.717) is 5.92 Å².